The third-order valence-electron chi connectivity index (χ3n) is 4.70. The predicted molar refractivity (Wildman–Crippen MR) is 97.0 cm³/mol. The minimum atomic E-state index is -1.12. The van der Waals surface area contributed by atoms with E-state index < -0.39 is 63.6 Å². The second-order valence-electron chi connectivity index (χ2n) is 7.13. The molecule has 0 saturated carbocycles. The number of aromatic nitrogens is 2. The molecular weight excluding hydrogens is 392 g/mol. The molecule has 2 fully saturated rings. The average Bonchev–Trinajstić information content (AvgIpc) is 2.83. The average molecular weight is 410 g/mol. The van der Waals surface area contributed by atoms with E-state index >= 15 is 0 Å². The van der Waals surface area contributed by atoms with Gasteiger partial charge in [-0.05, 0) is 20.8 Å². The predicted octanol–water partition coefficient (Wildman–Crippen LogP) is -1.63. The first-order chi connectivity index (χ1) is 12.9. The fourth-order valence-corrected chi connectivity index (χ4v) is 5.02. The number of thioether (sulfide) groups is 1. The highest BCUT2D eigenvalue weighted by atomic mass is 32.2. The van der Waals surface area contributed by atoms with Crippen LogP contribution >= 0.6 is 11.8 Å². The molecule has 0 radical (unpaired) electrons. The summed E-state index contributed by atoms with van der Waals surface area (Å²) in [5.74, 6) is -2.87. The highest BCUT2D eigenvalue weighted by Crippen LogP contribution is 2.50. The van der Waals surface area contributed by atoms with Gasteiger partial charge in [-0.3, -0.25) is 28.7 Å². The van der Waals surface area contributed by atoms with E-state index in [9.17, 15) is 33.9 Å². The molecule has 3 atom stereocenters. The maximum atomic E-state index is 12.4. The van der Waals surface area contributed by atoms with Crippen molar-refractivity contribution in [2.45, 2.75) is 49.5 Å². The zero-order chi connectivity index (χ0) is 21.0. The first kappa shape index (κ1) is 19.9. The number of hydrogen-bond donors (Lipinski definition) is 3. The number of amides is 2. The monoisotopic (exact) mass is 410 g/mol. The van der Waals surface area contributed by atoms with Crippen molar-refractivity contribution in [1.82, 2.24) is 19.8 Å². The molecule has 2 aliphatic heterocycles. The summed E-state index contributed by atoms with van der Waals surface area (Å²) in [6.07, 6.45) is 0.992. The van der Waals surface area contributed by atoms with Crippen LogP contribution in [0.1, 0.15) is 31.1 Å². The number of ketones is 1. The number of hydrogen-bond acceptors (Lipinski definition) is 7. The molecule has 28 heavy (non-hydrogen) atoms. The van der Waals surface area contributed by atoms with E-state index in [0.29, 0.717) is 0 Å². The van der Waals surface area contributed by atoms with Crippen LogP contribution in [0.5, 0.6) is 0 Å². The number of fused-ring (bicyclic) bond motifs is 1. The molecule has 0 bridgehead atoms. The van der Waals surface area contributed by atoms with Gasteiger partial charge in [-0.25, -0.2) is 9.59 Å². The SMILES string of the molecule is CC(=O)c1cn(CC(=O)NC2C(=O)N3[C@@H]2SC(C)(C)[C@@H]3C(=O)O)c(=O)[nH]c1=O. The maximum absolute atomic E-state index is 12.4. The van der Waals surface area contributed by atoms with E-state index in [1.165, 1.54) is 16.7 Å². The first-order valence-electron chi connectivity index (χ1n) is 8.31. The molecule has 1 aromatic rings. The highest BCUT2D eigenvalue weighted by Gasteiger charge is 2.64. The van der Waals surface area contributed by atoms with Crippen LogP contribution in [0.2, 0.25) is 0 Å². The summed E-state index contributed by atoms with van der Waals surface area (Å²) < 4.78 is 0.137. The lowest BCUT2D eigenvalue weighted by Crippen LogP contribution is -2.70. The number of carboxylic acid groups (broad SMARTS) is 1. The van der Waals surface area contributed by atoms with Crippen LogP contribution in [0.3, 0.4) is 0 Å². The van der Waals surface area contributed by atoms with Crippen molar-refractivity contribution in [2.24, 2.45) is 0 Å². The Kier molecular flexibility index (Phi) is 4.69. The Morgan fingerprint density at radius 3 is 2.50 bits per heavy atom. The number of rotatable bonds is 5. The van der Waals surface area contributed by atoms with Crippen molar-refractivity contribution in [1.29, 1.82) is 0 Å². The Morgan fingerprint density at radius 2 is 1.93 bits per heavy atom. The lowest BCUT2D eigenvalue weighted by molar-refractivity contribution is -0.161. The van der Waals surface area contributed by atoms with Crippen molar-refractivity contribution in [3.8, 4) is 0 Å². The van der Waals surface area contributed by atoms with Gasteiger partial charge in [-0.15, -0.1) is 11.8 Å². The van der Waals surface area contributed by atoms with Crippen molar-refractivity contribution in [3.05, 3.63) is 32.6 Å². The van der Waals surface area contributed by atoms with Crippen LogP contribution in [0, 0.1) is 0 Å². The molecule has 0 aromatic carbocycles. The smallest absolute Gasteiger partial charge is 0.328 e. The van der Waals surface area contributed by atoms with Crippen molar-refractivity contribution in [3.63, 3.8) is 0 Å². The van der Waals surface area contributed by atoms with Gasteiger partial charge in [-0.1, -0.05) is 0 Å². The molecule has 0 spiro atoms. The van der Waals surface area contributed by atoms with Crippen LogP contribution in [-0.4, -0.2) is 65.3 Å². The molecule has 12 heteroatoms. The summed E-state index contributed by atoms with van der Waals surface area (Å²) >= 11 is 1.27. The lowest BCUT2D eigenvalue weighted by Gasteiger charge is -2.43. The molecule has 2 saturated heterocycles. The number of carbonyl (C=O) groups is 4. The summed E-state index contributed by atoms with van der Waals surface area (Å²) in [5.41, 5.74) is -1.98. The molecule has 3 N–H and O–H groups in total. The summed E-state index contributed by atoms with van der Waals surface area (Å²) in [7, 11) is 0. The van der Waals surface area contributed by atoms with Crippen molar-refractivity contribution >= 4 is 35.3 Å². The van der Waals surface area contributed by atoms with E-state index in [1.807, 2.05) is 4.98 Å². The standard InChI is InChI=1S/C16H18N4O7S/c1-6(21)7-4-19(15(27)18-11(7)23)5-8(22)17-9-12(24)20-10(14(25)26)16(2,3)28-13(9)20/h4,9-10,13H,5H2,1-3H3,(H,17,22)(H,25,26)(H,18,23,27)/t9?,10-,13+/m0/s1. The van der Waals surface area contributed by atoms with E-state index in [2.05, 4.69) is 5.32 Å². The van der Waals surface area contributed by atoms with Crippen LogP contribution in [0.4, 0.5) is 0 Å². The van der Waals surface area contributed by atoms with Gasteiger partial charge in [0.25, 0.3) is 5.56 Å². The van der Waals surface area contributed by atoms with Gasteiger partial charge in [-0.2, -0.15) is 0 Å². The number of Topliss-reactive ketones (excluding diaryl/α,β-unsaturated/α-hetero) is 1. The fraction of sp³-hybridized carbons (Fsp3) is 0.500. The number of carboxylic acids is 1. The molecule has 2 amide bonds. The number of carbonyl (C=O) groups excluding carboxylic acids is 3. The molecule has 0 aliphatic carbocycles. The lowest BCUT2D eigenvalue weighted by atomic mass is 9.96. The van der Waals surface area contributed by atoms with Gasteiger partial charge in [0.2, 0.25) is 11.8 Å². The van der Waals surface area contributed by atoms with Gasteiger partial charge in [0, 0.05) is 10.9 Å². The Hall–Kier alpha value is -2.89. The molecule has 3 heterocycles. The molecule has 1 unspecified atom stereocenters. The number of β-lactam (4-membered cyclic amide) rings is 1. The van der Waals surface area contributed by atoms with Crippen LogP contribution in [-0.2, 0) is 20.9 Å². The minimum absolute atomic E-state index is 0.268. The van der Waals surface area contributed by atoms with Gasteiger partial charge in [0.05, 0.1) is 5.56 Å². The van der Waals surface area contributed by atoms with Gasteiger partial charge >= 0.3 is 11.7 Å². The first-order valence-corrected chi connectivity index (χ1v) is 9.19. The van der Waals surface area contributed by atoms with E-state index in [4.69, 9.17) is 0 Å². The van der Waals surface area contributed by atoms with Crippen molar-refractivity contribution in [2.75, 3.05) is 0 Å². The molecule has 2 aliphatic rings. The number of aromatic amines is 1. The zero-order valence-corrected chi connectivity index (χ0v) is 16.0. The summed E-state index contributed by atoms with van der Waals surface area (Å²) in [6, 6.07) is -1.91. The molecule has 11 nitrogen and oxygen atoms in total. The topological polar surface area (TPSA) is 159 Å². The molecule has 1 aromatic heterocycles. The summed E-state index contributed by atoms with van der Waals surface area (Å²) in [4.78, 5) is 74.2. The third-order valence-corrected chi connectivity index (χ3v) is 6.27. The minimum Gasteiger partial charge on any atom is -0.480 e. The molecular formula is C16H18N4O7S. The number of nitrogens with one attached hydrogen (secondary N) is 2. The normalized spacial score (nSPS) is 25.0. The van der Waals surface area contributed by atoms with Crippen molar-refractivity contribution < 1.29 is 24.3 Å². The van der Waals surface area contributed by atoms with Crippen LogP contribution < -0.4 is 16.6 Å². The second-order valence-corrected chi connectivity index (χ2v) is 8.90. The Bertz CT molecular complexity index is 1010. The second kappa shape index (κ2) is 6.62. The summed E-state index contributed by atoms with van der Waals surface area (Å²) in [5, 5.41) is 11.4. The molecule has 3 rings (SSSR count). The summed E-state index contributed by atoms with van der Waals surface area (Å²) in [6.45, 7) is 4.07. The Labute approximate surface area is 162 Å². The largest absolute Gasteiger partial charge is 0.480 e. The Balaban J connectivity index is 1.74. The third kappa shape index (κ3) is 3.13. The van der Waals surface area contributed by atoms with E-state index in [-0.39, 0.29) is 5.56 Å². The zero-order valence-electron chi connectivity index (χ0n) is 15.2. The quantitative estimate of drug-likeness (QED) is 0.385. The van der Waals surface area contributed by atoms with Gasteiger partial charge in [0.15, 0.2) is 5.78 Å². The van der Waals surface area contributed by atoms with Gasteiger partial charge < -0.3 is 15.3 Å². The highest BCUT2D eigenvalue weighted by molar-refractivity contribution is 8.01. The fourth-order valence-electron chi connectivity index (χ4n) is 3.40. The number of H-pyrrole nitrogens is 1. The van der Waals surface area contributed by atoms with Gasteiger partial charge in [0.1, 0.15) is 24.0 Å². The van der Waals surface area contributed by atoms with E-state index in [0.717, 1.165) is 17.7 Å². The number of aliphatic carboxylic acids is 1. The maximum Gasteiger partial charge on any atom is 0.328 e. The number of nitrogens with zero attached hydrogens (tertiary/aromatic N) is 2. The van der Waals surface area contributed by atoms with E-state index in [1.54, 1.807) is 13.8 Å². The van der Waals surface area contributed by atoms with Crippen LogP contribution in [0.25, 0.3) is 0 Å². The molecule has 150 valence electrons. The van der Waals surface area contributed by atoms with Crippen LogP contribution in [0.15, 0.2) is 15.8 Å². The Morgan fingerprint density at radius 1 is 1.29 bits per heavy atom.